The number of carbonyl (C=O) groups excluding carboxylic acids is 2. The molecule has 1 aromatic carbocycles. The van der Waals surface area contributed by atoms with E-state index in [1.807, 2.05) is 20.8 Å². The maximum absolute atomic E-state index is 13.0. The average molecular weight is 436 g/mol. The highest BCUT2D eigenvalue weighted by Gasteiger charge is 2.29. The second-order valence-electron chi connectivity index (χ2n) is 7.33. The van der Waals surface area contributed by atoms with Crippen LogP contribution < -0.4 is 10.1 Å². The van der Waals surface area contributed by atoms with Crippen LogP contribution in [-0.2, 0) is 9.59 Å². The lowest BCUT2D eigenvalue weighted by Gasteiger charge is -2.19. The zero-order valence-corrected chi connectivity index (χ0v) is 18.2. The lowest BCUT2D eigenvalue weighted by Crippen LogP contribution is -2.19. The van der Waals surface area contributed by atoms with E-state index in [0.29, 0.717) is 12.5 Å². The molecule has 0 saturated carbocycles. The summed E-state index contributed by atoms with van der Waals surface area (Å²) in [4.78, 5) is 20.5. The van der Waals surface area contributed by atoms with E-state index in [-0.39, 0.29) is 30.4 Å². The second-order valence-corrected chi connectivity index (χ2v) is 7.33. The summed E-state index contributed by atoms with van der Waals surface area (Å²) in [5.41, 5.74) is 0. The van der Waals surface area contributed by atoms with Crippen LogP contribution in [0.15, 0.2) is 18.2 Å². The number of ether oxygens (including phenoxy) is 1. The van der Waals surface area contributed by atoms with E-state index in [9.17, 15) is 27.2 Å². The smallest absolute Gasteiger partial charge is 0.308 e. The molecule has 1 amide bonds. The standard InChI is InChI=1S/C10H20F2.C8H6F2O2.C4H7NO/c1-4-6-7-10(11,12)8-9(3)5-2;1-5(11)12-8-3-6(9)2-7(10)4-8;6-4-2-1-3-5-4/h9H,4-8H2,1-3H3;2-4H,1H3;1-3H2,(H,5,6). The van der Waals surface area contributed by atoms with Crippen LogP contribution in [-0.4, -0.2) is 24.3 Å². The van der Waals surface area contributed by atoms with Crippen molar-refractivity contribution in [3.8, 4) is 5.75 Å². The Bertz CT molecular complexity index is 625. The molecule has 1 heterocycles. The highest BCUT2D eigenvalue weighted by Crippen LogP contribution is 2.29. The molecule has 30 heavy (non-hydrogen) atoms. The van der Waals surface area contributed by atoms with Gasteiger partial charge in [0.15, 0.2) is 0 Å². The lowest BCUT2D eigenvalue weighted by atomic mass is 9.97. The summed E-state index contributed by atoms with van der Waals surface area (Å²) in [6.07, 6.45) is 4.23. The maximum atomic E-state index is 13.0. The molecule has 1 fully saturated rings. The monoisotopic (exact) mass is 435 g/mol. The first-order valence-corrected chi connectivity index (χ1v) is 10.3. The predicted octanol–water partition coefficient (Wildman–Crippen LogP) is 6.03. The summed E-state index contributed by atoms with van der Waals surface area (Å²) in [7, 11) is 0. The van der Waals surface area contributed by atoms with Gasteiger partial charge in [0, 0.05) is 50.9 Å². The van der Waals surface area contributed by atoms with Gasteiger partial charge in [-0.05, 0) is 18.8 Å². The van der Waals surface area contributed by atoms with Gasteiger partial charge in [0.05, 0.1) is 0 Å². The van der Waals surface area contributed by atoms with E-state index in [1.165, 1.54) is 0 Å². The van der Waals surface area contributed by atoms with Crippen molar-refractivity contribution in [1.29, 1.82) is 0 Å². The van der Waals surface area contributed by atoms with Gasteiger partial charge in [-0.25, -0.2) is 17.6 Å². The SMILES string of the molecule is CC(=O)Oc1cc(F)cc(F)c1.CCCCC(F)(F)CC(C)CC.O=C1CCCN1. The number of nitrogens with one attached hydrogen (secondary N) is 1. The van der Waals surface area contributed by atoms with Crippen LogP contribution in [0.4, 0.5) is 17.6 Å². The molecular formula is C22H33F4NO3. The maximum Gasteiger partial charge on any atom is 0.308 e. The molecule has 1 N–H and O–H groups in total. The van der Waals surface area contributed by atoms with E-state index < -0.39 is 23.5 Å². The van der Waals surface area contributed by atoms with Gasteiger partial charge < -0.3 is 10.1 Å². The van der Waals surface area contributed by atoms with Gasteiger partial charge in [0.25, 0.3) is 0 Å². The van der Waals surface area contributed by atoms with Crippen LogP contribution in [0.5, 0.6) is 5.75 Å². The number of amides is 1. The summed E-state index contributed by atoms with van der Waals surface area (Å²) in [6, 6.07) is 2.57. The Labute approximate surface area is 176 Å². The van der Waals surface area contributed by atoms with E-state index in [4.69, 9.17) is 0 Å². The van der Waals surface area contributed by atoms with Gasteiger partial charge in [-0.1, -0.05) is 33.6 Å². The number of rotatable bonds is 7. The molecule has 0 aromatic heterocycles. The summed E-state index contributed by atoms with van der Waals surface area (Å²) in [6.45, 7) is 7.83. The van der Waals surface area contributed by atoms with Gasteiger partial charge >= 0.3 is 5.97 Å². The number of hydrogen-bond donors (Lipinski definition) is 1. The molecule has 0 spiro atoms. The highest BCUT2D eigenvalue weighted by molar-refractivity contribution is 5.77. The van der Waals surface area contributed by atoms with Crippen molar-refractivity contribution >= 4 is 11.9 Å². The molecule has 0 aliphatic carbocycles. The Morgan fingerprint density at radius 3 is 2.17 bits per heavy atom. The summed E-state index contributed by atoms with van der Waals surface area (Å²) in [5.74, 6) is -4.35. The molecule has 8 heteroatoms. The molecule has 0 bridgehead atoms. The number of unbranched alkanes of at least 4 members (excludes halogenated alkanes) is 1. The van der Waals surface area contributed by atoms with Crippen molar-refractivity contribution in [3.05, 3.63) is 29.8 Å². The highest BCUT2D eigenvalue weighted by atomic mass is 19.3. The summed E-state index contributed by atoms with van der Waals surface area (Å²) < 4.78 is 55.4. The van der Waals surface area contributed by atoms with Crippen LogP contribution >= 0.6 is 0 Å². The van der Waals surface area contributed by atoms with Gasteiger partial charge in [-0.3, -0.25) is 9.59 Å². The van der Waals surface area contributed by atoms with E-state index in [1.54, 1.807) is 0 Å². The van der Waals surface area contributed by atoms with Crippen molar-refractivity contribution in [1.82, 2.24) is 5.32 Å². The minimum Gasteiger partial charge on any atom is -0.427 e. The Morgan fingerprint density at radius 2 is 1.80 bits per heavy atom. The summed E-state index contributed by atoms with van der Waals surface area (Å²) >= 11 is 0. The Hall–Kier alpha value is -2.12. The third kappa shape index (κ3) is 14.8. The zero-order valence-electron chi connectivity index (χ0n) is 18.2. The Balaban J connectivity index is 0.000000443. The molecule has 172 valence electrons. The first-order chi connectivity index (χ1) is 14.0. The number of esters is 1. The van der Waals surface area contributed by atoms with Gasteiger partial charge in [0.2, 0.25) is 11.8 Å². The third-order valence-electron chi connectivity index (χ3n) is 4.24. The second kappa shape index (κ2) is 14.8. The topological polar surface area (TPSA) is 55.4 Å². The fourth-order valence-electron chi connectivity index (χ4n) is 2.51. The van der Waals surface area contributed by atoms with Crippen molar-refractivity contribution in [2.24, 2.45) is 5.92 Å². The largest absolute Gasteiger partial charge is 0.427 e. The lowest BCUT2D eigenvalue weighted by molar-refractivity contribution is -0.131. The summed E-state index contributed by atoms with van der Waals surface area (Å²) in [5, 5.41) is 2.68. The van der Waals surface area contributed by atoms with Crippen LogP contribution in [0, 0.1) is 17.6 Å². The molecule has 1 aromatic rings. The van der Waals surface area contributed by atoms with Gasteiger partial charge in [-0.15, -0.1) is 0 Å². The molecule has 1 saturated heterocycles. The number of benzene rings is 1. The predicted molar refractivity (Wildman–Crippen MR) is 108 cm³/mol. The van der Waals surface area contributed by atoms with Crippen LogP contribution in [0.25, 0.3) is 0 Å². The first kappa shape index (κ1) is 27.9. The molecule has 1 atom stereocenters. The van der Waals surface area contributed by atoms with Crippen molar-refractivity contribution in [2.75, 3.05) is 6.54 Å². The number of hydrogen-bond acceptors (Lipinski definition) is 3. The van der Waals surface area contributed by atoms with Crippen molar-refractivity contribution in [2.45, 2.75) is 78.6 Å². The molecule has 4 nitrogen and oxygen atoms in total. The number of alkyl halides is 2. The normalized spacial score (nSPS) is 13.9. The third-order valence-corrected chi connectivity index (χ3v) is 4.24. The minimum absolute atomic E-state index is 0.0590. The zero-order chi connectivity index (χ0) is 23.2. The van der Waals surface area contributed by atoms with Crippen LogP contribution in [0.1, 0.15) is 72.6 Å². The number of halogens is 4. The van der Waals surface area contributed by atoms with Gasteiger partial charge in [-0.2, -0.15) is 0 Å². The molecule has 2 rings (SSSR count). The van der Waals surface area contributed by atoms with E-state index in [0.717, 1.165) is 51.3 Å². The first-order valence-electron chi connectivity index (χ1n) is 10.3. The molecule has 1 unspecified atom stereocenters. The molecule has 1 aliphatic heterocycles. The molecule has 1 aliphatic rings. The fraction of sp³-hybridized carbons (Fsp3) is 0.636. The van der Waals surface area contributed by atoms with Crippen LogP contribution in [0.3, 0.4) is 0 Å². The Morgan fingerprint density at radius 1 is 1.20 bits per heavy atom. The molecule has 0 radical (unpaired) electrons. The van der Waals surface area contributed by atoms with Crippen molar-refractivity contribution < 1.29 is 31.9 Å². The Kier molecular flexibility index (Phi) is 13.8. The van der Waals surface area contributed by atoms with Crippen molar-refractivity contribution in [3.63, 3.8) is 0 Å². The van der Waals surface area contributed by atoms with Gasteiger partial charge in [0.1, 0.15) is 17.4 Å². The van der Waals surface area contributed by atoms with E-state index >= 15 is 0 Å². The quantitative estimate of drug-likeness (QED) is 0.323. The number of carbonyl (C=O) groups is 2. The molecular weight excluding hydrogens is 402 g/mol. The van der Waals surface area contributed by atoms with E-state index in [2.05, 4.69) is 10.1 Å². The fourth-order valence-corrected chi connectivity index (χ4v) is 2.51. The van der Waals surface area contributed by atoms with Crippen LogP contribution in [0.2, 0.25) is 0 Å². The average Bonchev–Trinajstić information content (AvgIpc) is 3.10. The minimum atomic E-state index is -2.43.